The highest BCUT2D eigenvalue weighted by Gasteiger charge is 2.13. The van der Waals surface area contributed by atoms with Gasteiger partial charge >= 0.3 is 0 Å². The van der Waals surface area contributed by atoms with Crippen LogP contribution in [-0.2, 0) is 4.79 Å². The highest BCUT2D eigenvalue weighted by Crippen LogP contribution is 2.08. The van der Waals surface area contributed by atoms with E-state index in [1.807, 2.05) is 0 Å². The lowest BCUT2D eigenvalue weighted by molar-refractivity contribution is -0.122. The molecule has 2 heterocycles. The molecule has 19 heavy (non-hydrogen) atoms. The summed E-state index contributed by atoms with van der Waals surface area (Å²) in [4.78, 5) is 16.5. The molecule has 2 aliphatic heterocycles. The number of hydrogen-bond donors (Lipinski definition) is 2. The van der Waals surface area contributed by atoms with E-state index in [4.69, 9.17) is 0 Å². The van der Waals surface area contributed by atoms with Gasteiger partial charge in [0.25, 0.3) is 0 Å². The average molecular weight is 268 g/mol. The molecule has 0 aliphatic carbocycles. The van der Waals surface area contributed by atoms with Crippen molar-refractivity contribution in [3.05, 3.63) is 0 Å². The van der Waals surface area contributed by atoms with Gasteiger partial charge in [0.2, 0.25) is 5.91 Å². The van der Waals surface area contributed by atoms with E-state index in [9.17, 15) is 4.79 Å². The summed E-state index contributed by atoms with van der Waals surface area (Å²) in [5.41, 5.74) is 0. The van der Waals surface area contributed by atoms with Crippen LogP contribution in [0.15, 0.2) is 0 Å². The monoisotopic (exact) mass is 268 g/mol. The Morgan fingerprint density at radius 1 is 0.947 bits per heavy atom. The second-order valence-electron chi connectivity index (χ2n) is 5.63. The minimum atomic E-state index is 0.178. The number of nitrogens with zero attached hydrogens (tertiary/aromatic N) is 2. The van der Waals surface area contributed by atoms with Crippen molar-refractivity contribution in [2.75, 3.05) is 58.9 Å². The third-order valence-electron chi connectivity index (χ3n) is 4.03. The van der Waals surface area contributed by atoms with E-state index >= 15 is 0 Å². The van der Waals surface area contributed by atoms with Gasteiger partial charge in [0.15, 0.2) is 0 Å². The van der Waals surface area contributed by atoms with Crippen molar-refractivity contribution in [2.24, 2.45) is 0 Å². The minimum absolute atomic E-state index is 0.178. The zero-order chi connectivity index (χ0) is 13.3. The quantitative estimate of drug-likeness (QED) is 0.730. The van der Waals surface area contributed by atoms with Crippen LogP contribution in [0.5, 0.6) is 0 Å². The van der Waals surface area contributed by atoms with Crippen LogP contribution in [0.1, 0.15) is 25.7 Å². The normalized spacial score (nSPS) is 22.9. The minimum Gasteiger partial charge on any atom is -0.354 e. The molecule has 2 saturated heterocycles. The SMILES string of the molecule is O=C(CN1CCNCC1)NCCN1CCCCCC1. The predicted molar refractivity (Wildman–Crippen MR) is 77.2 cm³/mol. The van der Waals surface area contributed by atoms with E-state index in [1.165, 1.54) is 38.8 Å². The van der Waals surface area contributed by atoms with Crippen LogP contribution >= 0.6 is 0 Å². The molecule has 0 aromatic rings. The molecule has 2 fully saturated rings. The lowest BCUT2D eigenvalue weighted by atomic mass is 10.2. The fourth-order valence-electron chi connectivity index (χ4n) is 2.84. The topological polar surface area (TPSA) is 47.6 Å². The smallest absolute Gasteiger partial charge is 0.234 e. The first-order chi connectivity index (χ1) is 9.34. The molecule has 0 radical (unpaired) electrons. The molecule has 5 nitrogen and oxygen atoms in total. The van der Waals surface area contributed by atoms with Gasteiger partial charge in [-0.2, -0.15) is 0 Å². The number of hydrogen-bond acceptors (Lipinski definition) is 4. The second kappa shape index (κ2) is 8.51. The Morgan fingerprint density at radius 3 is 2.32 bits per heavy atom. The van der Waals surface area contributed by atoms with Crippen molar-refractivity contribution in [3.8, 4) is 0 Å². The van der Waals surface area contributed by atoms with Gasteiger partial charge in [-0.25, -0.2) is 0 Å². The van der Waals surface area contributed by atoms with Crippen molar-refractivity contribution in [2.45, 2.75) is 25.7 Å². The van der Waals surface area contributed by atoms with E-state index in [0.717, 1.165) is 39.3 Å². The Morgan fingerprint density at radius 2 is 1.63 bits per heavy atom. The van der Waals surface area contributed by atoms with Crippen molar-refractivity contribution in [1.82, 2.24) is 20.4 Å². The number of carbonyl (C=O) groups is 1. The van der Waals surface area contributed by atoms with Gasteiger partial charge in [-0.1, -0.05) is 12.8 Å². The highest BCUT2D eigenvalue weighted by molar-refractivity contribution is 5.78. The summed E-state index contributed by atoms with van der Waals surface area (Å²) < 4.78 is 0. The van der Waals surface area contributed by atoms with Crippen LogP contribution in [0.3, 0.4) is 0 Å². The van der Waals surface area contributed by atoms with Gasteiger partial charge in [0.1, 0.15) is 0 Å². The number of carbonyl (C=O) groups excluding carboxylic acids is 1. The Kier molecular flexibility index (Phi) is 6.61. The zero-order valence-electron chi connectivity index (χ0n) is 12.0. The molecule has 5 heteroatoms. The zero-order valence-corrected chi connectivity index (χ0v) is 12.0. The lowest BCUT2D eigenvalue weighted by Crippen LogP contribution is -2.48. The Balaban J connectivity index is 1.55. The van der Waals surface area contributed by atoms with E-state index in [0.29, 0.717) is 6.54 Å². The fourth-order valence-corrected chi connectivity index (χ4v) is 2.84. The molecule has 2 N–H and O–H groups in total. The Labute approximate surface area is 116 Å². The third kappa shape index (κ3) is 5.89. The van der Waals surface area contributed by atoms with E-state index < -0.39 is 0 Å². The summed E-state index contributed by atoms with van der Waals surface area (Å²) in [7, 11) is 0. The summed E-state index contributed by atoms with van der Waals surface area (Å²) >= 11 is 0. The lowest BCUT2D eigenvalue weighted by Gasteiger charge is -2.26. The first-order valence-electron chi connectivity index (χ1n) is 7.77. The van der Waals surface area contributed by atoms with Crippen LogP contribution in [0.4, 0.5) is 0 Å². The number of likely N-dealkylation sites (tertiary alicyclic amines) is 1. The summed E-state index contributed by atoms with van der Waals surface area (Å²) in [6.07, 6.45) is 5.36. The summed E-state index contributed by atoms with van der Waals surface area (Å²) in [6, 6.07) is 0. The van der Waals surface area contributed by atoms with Gasteiger partial charge in [0, 0.05) is 39.3 Å². The third-order valence-corrected chi connectivity index (χ3v) is 4.03. The molecule has 2 aliphatic rings. The van der Waals surface area contributed by atoms with Gasteiger partial charge in [-0.15, -0.1) is 0 Å². The number of nitrogens with one attached hydrogen (secondary N) is 2. The standard InChI is InChI=1S/C14H28N4O/c19-14(13-18-10-5-15-6-11-18)16-7-12-17-8-3-1-2-4-9-17/h15H,1-13H2,(H,16,19). The van der Waals surface area contributed by atoms with Crippen LogP contribution in [-0.4, -0.2) is 74.6 Å². The second-order valence-corrected chi connectivity index (χ2v) is 5.63. The van der Waals surface area contributed by atoms with Crippen LogP contribution < -0.4 is 10.6 Å². The van der Waals surface area contributed by atoms with Crippen LogP contribution in [0.25, 0.3) is 0 Å². The predicted octanol–water partition coefficient (Wildman–Crippen LogP) is -0.116. The summed E-state index contributed by atoms with van der Waals surface area (Å²) in [5, 5.41) is 6.35. The van der Waals surface area contributed by atoms with Crippen LogP contribution in [0.2, 0.25) is 0 Å². The molecule has 110 valence electrons. The maximum atomic E-state index is 11.8. The van der Waals surface area contributed by atoms with Crippen molar-refractivity contribution < 1.29 is 4.79 Å². The summed E-state index contributed by atoms with van der Waals surface area (Å²) in [6.45, 7) is 8.74. The maximum absolute atomic E-state index is 11.8. The molecule has 0 unspecified atom stereocenters. The highest BCUT2D eigenvalue weighted by atomic mass is 16.2. The van der Waals surface area contributed by atoms with Crippen molar-refractivity contribution in [1.29, 1.82) is 0 Å². The number of rotatable bonds is 5. The molecule has 0 atom stereocenters. The molecule has 0 saturated carbocycles. The first-order valence-corrected chi connectivity index (χ1v) is 7.77. The number of amides is 1. The van der Waals surface area contributed by atoms with Gasteiger partial charge in [-0.3, -0.25) is 9.69 Å². The Hall–Kier alpha value is -0.650. The average Bonchev–Trinajstić information content (AvgIpc) is 2.68. The molecular formula is C14H28N4O. The largest absolute Gasteiger partial charge is 0.354 e. The van der Waals surface area contributed by atoms with E-state index in [1.54, 1.807) is 0 Å². The van der Waals surface area contributed by atoms with E-state index in [-0.39, 0.29) is 5.91 Å². The molecular weight excluding hydrogens is 240 g/mol. The number of piperazine rings is 1. The van der Waals surface area contributed by atoms with Crippen molar-refractivity contribution >= 4 is 5.91 Å². The van der Waals surface area contributed by atoms with Crippen molar-refractivity contribution in [3.63, 3.8) is 0 Å². The molecule has 0 aromatic carbocycles. The van der Waals surface area contributed by atoms with Gasteiger partial charge in [0.05, 0.1) is 6.54 Å². The van der Waals surface area contributed by atoms with Gasteiger partial charge < -0.3 is 15.5 Å². The summed E-state index contributed by atoms with van der Waals surface area (Å²) in [5.74, 6) is 0.178. The molecule has 0 spiro atoms. The first kappa shape index (κ1) is 14.8. The molecule has 2 rings (SSSR count). The van der Waals surface area contributed by atoms with Gasteiger partial charge in [-0.05, 0) is 25.9 Å². The Bertz CT molecular complexity index is 258. The van der Waals surface area contributed by atoms with Crippen LogP contribution in [0, 0.1) is 0 Å². The molecule has 0 aromatic heterocycles. The molecule has 0 bridgehead atoms. The molecule has 1 amide bonds. The fraction of sp³-hybridized carbons (Fsp3) is 0.929. The maximum Gasteiger partial charge on any atom is 0.234 e. The van der Waals surface area contributed by atoms with E-state index in [2.05, 4.69) is 20.4 Å².